The average Bonchev–Trinajstić information content (AvgIpc) is 3.05. The van der Waals surface area contributed by atoms with Crippen LogP contribution in [0.15, 0.2) is 59.8 Å². The van der Waals surface area contributed by atoms with E-state index in [1.54, 1.807) is 41.9 Å². The molecular formula is C19H16ClN5O2. The number of benzene rings is 2. The highest BCUT2D eigenvalue weighted by Gasteiger charge is 2.34. The number of nitrogens with one attached hydrogen (secondary N) is 1. The molecule has 0 spiro atoms. The number of fused-ring (bicyclic) bond motifs is 1. The van der Waals surface area contributed by atoms with Crippen molar-refractivity contribution < 1.29 is 9.90 Å². The van der Waals surface area contributed by atoms with E-state index in [0.29, 0.717) is 33.6 Å². The number of rotatable bonds is 3. The van der Waals surface area contributed by atoms with Gasteiger partial charge in [0.2, 0.25) is 11.9 Å². The molecular weight excluding hydrogens is 366 g/mol. The number of carbonyl (C=O) groups excluding carboxylic acids is 1. The van der Waals surface area contributed by atoms with Crippen molar-refractivity contribution >= 4 is 23.5 Å². The van der Waals surface area contributed by atoms with Gasteiger partial charge in [0.15, 0.2) is 5.82 Å². The minimum Gasteiger partial charge on any atom is -0.508 e. The highest BCUT2D eigenvalue weighted by molar-refractivity contribution is 6.31. The predicted octanol–water partition coefficient (Wildman–Crippen LogP) is 3.08. The lowest BCUT2D eigenvalue weighted by Gasteiger charge is -2.28. The van der Waals surface area contributed by atoms with Crippen LogP contribution in [0.3, 0.4) is 0 Å². The second-order valence-electron chi connectivity index (χ2n) is 6.20. The van der Waals surface area contributed by atoms with Gasteiger partial charge in [0.1, 0.15) is 11.8 Å². The van der Waals surface area contributed by atoms with Crippen molar-refractivity contribution in [3.05, 3.63) is 70.4 Å². The Balaban J connectivity index is 1.90. The SMILES string of the molecule is CC1=C(C(N)=O)C(c2ccccc2Cl)n2nc(-c3ccc(O)cc3)nc2N1. The number of primary amides is 1. The van der Waals surface area contributed by atoms with Crippen LogP contribution in [-0.2, 0) is 4.79 Å². The molecule has 0 aliphatic carbocycles. The topological polar surface area (TPSA) is 106 Å². The van der Waals surface area contributed by atoms with Gasteiger partial charge in [-0.3, -0.25) is 4.79 Å². The number of amides is 1. The van der Waals surface area contributed by atoms with E-state index in [1.807, 2.05) is 18.2 Å². The van der Waals surface area contributed by atoms with Crippen molar-refractivity contribution in [1.82, 2.24) is 14.8 Å². The summed E-state index contributed by atoms with van der Waals surface area (Å²) in [6.07, 6.45) is 0. The van der Waals surface area contributed by atoms with Crippen LogP contribution in [-0.4, -0.2) is 25.8 Å². The summed E-state index contributed by atoms with van der Waals surface area (Å²) in [5.74, 6) is 0.527. The first-order valence-corrected chi connectivity index (χ1v) is 8.61. The zero-order valence-electron chi connectivity index (χ0n) is 14.3. The van der Waals surface area contributed by atoms with E-state index in [0.717, 1.165) is 5.56 Å². The van der Waals surface area contributed by atoms with Gasteiger partial charge in [-0.15, -0.1) is 5.10 Å². The molecule has 0 saturated heterocycles. The van der Waals surface area contributed by atoms with Crippen molar-refractivity contribution in [2.24, 2.45) is 5.73 Å². The molecule has 1 aliphatic rings. The van der Waals surface area contributed by atoms with Crippen LogP contribution >= 0.6 is 11.6 Å². The number of aromatic hydroxyl groups is 1. The third kappa shape index (κ3) is 2.92. The molecule has 1 amide bonds. The maximum Gasteiger partial charge on any atom is 0.248 e. The highest BCUT2D eigenvalue weighted by Crippen LogP contribution is 2.38. The van der Waals surface area contributed by atoms with Gasteiger partial charge in [0.05, 0.1) is 5.57 Å². The number of anilines is 1. The van der Waals surface area contributed by atoms with E-state index in [4.69, 9.17) is 17.3 Å². The molecule has 27 heavy (non-hydrogen) atoms. The molecule has 1 unspecified atom stereocenters. The summed E-state index contributed by atoms with van der Waals surface area (Å²) in [6, 6.07) is 13.2. The van der Waals surface area contributed by atoms with Crippen molar-refractivity contribution in [2.75, 3.05) is 5.32 Å². The number of allylic oxidation sites excluding steroid dienone is 1. The number of carbonyl (C=O) groups is 1. The van der Waals surface area contributed by atoms with E-state index in [9.17, 15) is 9.90 Å². The molecule has 2 aromatic carbocycles. The van der Waals surface area contributed by atoms with Crippen LogP contribution in [0.5, 0.6) is 5.75 Å². The molecule has 1 aliphatic heterocycles. The summed E-state index contributed by atoms with van der Waals surface area (Å²) >= 11 is 6.40. The van der Waals surface area contributed by atoms with Crippen LogP contribution in [0, 0.1) is 0 Å². The second kappa shape index (κ2) is 6.44. The fourth-order valence-electron chi connectivity index (χ4n) is 3.19. The minimum absolute atomic E-state index is 0.156. The van der Waals surface area contributed by atoms with Crippen LogP contribution in [0.25, 0.3) is 11.4 Å². The molecule has 2 heterocycles. The average molecular weight is 382 g/mol. The fourth-order valence-corrected chi connectivity index (χ4v) is 3.43. The lowest BCUT2D eigenvalue weighted by molar-refractivity contribution is -0.115. The van der Waals surface area contributed by atoms with E-state index in [2.05, 4.69) is 15.4 Å². The highest BCUT2D eigenvalue weighted by atomic mass is 35.5. The largest absolute Gasteiger partial charge is 0.508 e. The van der Waals surface area contributed by atoms with Gasteiger partial charge in [-0.1, -0.05) is 29.8 Å². The van der Waals surface area contributed by atoms with Crippen molar-refractivity contribution in [2.45, 2.75) is 13.0 Å². The predicted molar refractivity (Wildman–Crippen MR) is 102 cm³/mol. The fraction of sp³-hybridized carbons (Fsp3) is 0.105. The maximum absolute atomic E-state index is 12.2. The molecule has 4 rings (SSSR count). The first-order chi connectivity index (χ1) is 13.0. The Morgan fingerprint density at radius 1 is 1.22 bits per heavy atom. The van der Waals surface area contributed by atoms with Crippen LogP contribution in [0.1, 0.15) is 18.5 Å². The Kier molecular flexibility index (Phi) is 4.08. The molecule has 0 radical (unpaired) electrons. The van der Waals surface area contributed by atoms with Crippen molar-refractivity contribution in [1.29, 1.82) is 0 Å². The van der Waals surface area contributed by atoms with Gasteiger partial charge in [0, 0.05) is 21.8 Å². The number of hydrogen-bond donors (Lipinski definition) is 3. The molecule has 3 aromatic rings. The Bertz CT molecular complexity index is 1070. The molecule has 4 N–H and O–H groups in total. The molecule has 8 heteroatoms. The van der Waals surface area contributed by atoms with Crippen molar-refractivity contribution in [3.63, 3.8) is 0 Å². The van der Waals surface area contributed by atoms with E-state index < -0.39 is 11.9 Å². The maximum atomic E-state index is 12.2. The number of aromatic nitrogens is 3. The number of halogens is 1. The van der Waals surface area contributed by atoms with Crippen LogP contribution in [0.4, 0.5) is 5.95 Å². The third-order valence-electron chi connectivity index (χ3n) is 4.44. The van der Waals surface area contributed by atoms with E-state index in [1.165, 1.54) is 0 Å². The van der Waals surface area contributed by atoms with Crippen LogP contribution < -0.4 is 11.1 Å². The summed E-state index contributed by atoms with van der Waals surface area (Å²) in [5.41, 5.74) is 8.07. The molecule has 7 nitrogen and oxygen atoms in total. The number of nitrogens with zero attached hydrogens (tertiary/aromatic N) is 3. The summed E-state index contributed by atoms with van der Waals surface area (Å²) < 4.78 is 1.61. The molecule has 1 aromatic heterocycles. The number of phenols is 1. The number of phenolic OH excluding ortho intramolecular Hbond substituents is 1. The Morgan fingerprint density at radius 3 is 2.59 bits per heavy atom. The lowest BCUT2D eigenvalue weighted by atomic mass is 9.95. The Hall–Kier alpha value is -3.32. The second-order valence-corrected chi connectivity index (χ2v) is 6.61. The summed E-state index contributed by atoms with van der Waals surface area (Å²) in [5, 5.41) is 17.7. The first-order valence-electron chi connectivity index (χ1n) is 8.23. The smallest absolute Gasteiger partial charge is 0.248 e. The van der Waals surface area contributed by atoms with Gasteiger partial charge in [-0.2, -0.15) is 4.98 Å². The molecule has 0 fully saturated rings. The first kappa shape index (κ1) is 17.1. The normalized spacial score (nSPS) is 16.0. The molecule has 0 bridgehead atoms. The van der Waals surface area contributed by atoms with Crippen molar-refractivity contribution in [3.8, 4) is 17.1 Å². The van der Waals surface area contributed by atoms with Gasteiger partial charge < -0.3 is 16.2 Å². The zero-order valence-corrected chi connectivity index (χ0v) is 15.1. The quantitative estimate of drug-likeness (QED) is 0.646. The Labute approximate surface area is 160 Å². The van der Waals surface area contributed by atoms with E-state index >= 15 is 0 Å². The summed E-state index contributed by atoms with van der Waals surface area (Å²) in [4.78, 5) is 16.7. The third-order valence-corrected chi connectivity index (χ3v) is 4.79. The molecule has 1 atom stereocenters. The molecule has 0 saturated carbocycles. The number of hydrogen-bond acceptors (Lipinski definition) is 5. The van der Waals surface area contributed by atoms with Gasteiger partial charge in [0.25, 0.3) is 0 Å². The monoisotopic (exact) mass is 381 g/mol. The molecule has 136 valence electrons. The van der Waals surface area contributed by atoms with E-state index in [-0.39, 0.29) is 5.75 Å². The van der Waals surface area contributed by atoms with Gasteiger partial charge in [-0.05, 0) is 37.3 Å². The number of nitrogens with two attached hydrogens (primary N) is 1. The lowest BCUT2D eigenvalue weighted by Crippen LogP contribution is -2.32. The van der Waals surface area contributed by atoms with Gasteiger partial charge >= 0.3 is 0 Å². The summed E-state index contributed by atoms with van der Waals surface area (Å²) in [7, 11) is 0. The minimum atomic E-state index is -0.592. The van der Waals surface area contributed by atoms with Crippen LogP contribution in [0.2, 0.25) is 5.02 Å². The van der Waals surface area contributed by atoms with Gasteiger partial charge in [-0.25, -0.2) is 4.68 Å². The zero-order chi connectivity index (χ0) is 19.1. The standard InChI is InChI=1S/C19H16ClN5O2/c1-10-15(17(21)27)16(13-4-2-3-5-14(13)20)25-19(22-10)23-18(24-25)11-6-8-12(26)9-7-11/h2-9,16,26H,1H3,(H2,21,27)(H,22,23,24). The summed E-state index contributed by atoms with van der Waals surface area (Å²) in [6.45, 7) is 1.77. The Morgan fingerprint density at radius 2 is 1.93 bits per heavy atom.